The molecule has 0 aliphatic heterocycles. The minimum Gasteiger partial charge on any atom is -0.497 e. The van der Waals surface area contributed by atoms with Gasteiger partial charge in [-0.25, -0.2) is 15.0 Å². The van der Waals surface area contributed by atoms with Crippen LogP contribution in [-0.2, 0) is 23.5 Å². The maximum atomic E-state index is 9.80. The normalized spacial score (nSPS) is 11.6. The van der Waals surface area contributed by atoms with Crippen molar-refractivity contribution in [1.29, 1.82) is 0 Å². The van der Waals surface area contributed by atoms with Gasteiger partial charge < -0.3 is 23.9 Å². The second kappa shape index (κ2) is 11.0. The molecule has 2 heterocycles. The predicted octanol–water partition coefficient (Wildman–Crippen LogP) is 4.65. The van der Waals surface area contributed by atoms with Crippen LogP contribution >= 0.6 is 0 Å². The van der Waals surface area contributed by atoms with Gasteiger partial charge in [-0.1, -0.05) is 54.6 Å². The highest BCUT2D eigenvalue weighted by atomic mass is 16.5. The highest BCUT2D eigenvalue weighted by Gasteiger charge is 2.38. The molecule has 5 aromatic rings. The standard InChI is InChI=1S/C30H30N4O4/c1-21-31-19-27-29(32-21)34(17-18-35)28(33-27)20-38-30(22-7-5-4-6-8-22,23-9-13-25(36-2)14-10-23)24-11-15-26(37-3)16-12-24/h4-16,19,35H,17-18,20H2,1-3H3. The third-order valence-corrected chi connectivity index (χ3v) is 6.60. The van der Waals surface area contributed by atoms with Crippen LogP contribution in [0.3, 0.4) is 0 Å². The Labute approximate surface area is 221 Å². The molecular weight excluding hydrogens is 480 g/mol. The van der Waals surface area contributed by atoms with Crippen LogP contribution in [0, 0.1) is 6.92 Å². The molecule has 0 bridgehead atoms. The summed E-state index contributed by atoms with van der Waals surface area (Å²) in [4.78, 5) is 13.6. The van der Waals surface area contributed by atoms with E-state index in [2.05, 4.69) is 22.1 Å². The van der Waals surface area contributed by atoms with Crippen LogP contribution in [0.15, 0.2) is 85.1 Å². The zero-order valence-corrected chi connectivity index (χ0v) is 21.7. The highest BCUT2D eigenvalue weighted by molar-refractivity contribution is 5.70. The Kier molecular flexibility index (Phi) is 7.35. The van der Waals surface area contributed by atoms with Gasteiger partial charge in [0.1, 0.15) is 40.9 Å². The van der Waals surface area contributed by atoms with Crippen molar-refractivity contribution >= 4 is 11.2 Å². The number of ether oxygens (including phenoxy) is 3. The number of aromatic nitrogens is 4. The van der Waals surface area contributed by atoms with Crippen molar-refractivity contribution in [2.45, 2.75) is 25.7 Å². The molecule has 0 aliphatic rings. The van der Waals surface area contributed by atoms with E-state index < -0.39 is 5.60 Å². The van der Waals surface area contributed by atoms with Gasteiger partial charge in [-0.05, 0) is 47.9 Å². The lowest BCUT2D eigenvalue weighted by Crippen LogP contribution is -2.33. The lowest BCUT2D eigenvalue weighted by Gasteiger charge is -2.36. The van der Waals surface area contributed by atoms with Gasteiger partial charge in [0, 0.05) is 6.54 Å². The fourth-order valence-electron chi connectivity index (χ4n) is 4.74. The molecule has 38 heavy (non-hydrogen) atoms. The topological polar surface area (TPSA) is 91.5 Å². The first-order chi connectivity index (χ1) is 18.6. The molecule has 8 heteroatoms. The van der Waals surface area contributed by atoms with E-state index in [0.717, 1.165) is 28.2 Å². The van der Waals surface area contributed by atoms with Gasteiger partial charge in [-0.2, -0.15) is 0 Å². The number of aliphatic hydroxyl groups excluding tert-OH is 1. The summed E-state index contributed by atoms with van der Waals surface area (Å²) in [7, 11) is 3.30. The Bertz CT molecular complexity index is 1450. The first-order valence-electron chi connectivity index (χ1n) is 12.4. The molecule has 0 radical (unpaired) electrons. The number of methoxy groups -OCH3 is 2. The van der Waals surface area contributed by atoms with E-state index >= 15 is 0 Å². The average molecular weight is 511 g/mol. The summed E-state index contributed by atoms with van der Waals surface area (Å²) in [5.41, 5.74) is 3.15. The van der Waals surface area contributed by atoms with E-state index in [4.69, 9.17) is 19.2 Å². The number of hydrogen-bond donors (Lipinski definition) is 1. The second-order valence-electron chi connectivity index (χ2n) is 8.82. The van der Waals surface area contributed by atoms with Crippen molar-refractivity contribution in [3.05, 3.63) is 113 Å². The number of aliphatic hydroxyl groups is 1. The smallest absolute Gasteiger partial charge is 0.163 e. The molecule has 5 rings (SSSR count). The molecule has 2 aromatic heterocycles. The van der Waals surface area contributed by atoms with Crippen LogP contribution in [-0.4, -0.2) is 45.5 Å². The summed E-state index contributed by atoms with van der Waals surface area (Å²) in [6, 6.07) is 25.9. The SMILES string of the molecule is COc1ccc(C(OCc2nc3cnc(C)nc3n2CCO)(c2ccccc2)c2ccc(OC)cc2)cc1. The van der Waals surface area contributed by atoms with E-state index in [1.54, 1.807) is 20.4 Å². The van der Waals surface area contributed by atoms with Crippen molar-refractivity contribution < 1.29 is 19.3 Å². The molecule has 0 fully saturated rings. The van der Waals surface area contributed by atoms with Crippen molar-refractivity contribution in [2.75, 3.05) is 20.8 Å². The summed E-state index contributed by atoms with van der Waals surface area (Å²) >= 11 is 0. The Morgan fingerprint density at radius 3 is 1.92 bits per heavy atom. The zero-order valence-electron chi connectivity index (χ0n) is 21.7. The van der Waals surface area contributed by atoms with Crippen LogP contribution in [0.2, 0.25) is 0 Å². The summed E-state index contributed by atoms with van der Waals surface area (Å²) in [6.07, 6.45) is 1.70. The molecule has 0 unspecified atom stereocenters. The van der Waals surface area contributed by atoms with Gasteiger partial charge in [0.25, 0.3) is 0 Å². The quantitative estimate of drug-likeness (QED) is 0.273. The number of nitrogens with zero attached hydrogens (tertiary/aromatic N) is 4. The van der Waals surface area contributed by atoms with Crippen LogP contribution < -0.4 is 9.47 Å². The van der Waals surface area contributed by atoms with Gasteiger partial charge in [-0.3, -0.25) is 0 Å². The van der Waals surface area contributed by atoms with Crippen molar-refractivity contribution in [1.82, 2.24) is 19.5 Å². The van der Waals surface area contributed by atoms with E-state index in [1.807, 2.05) is 78.2 Å². The zero-order chi connectivity index (χ0) is 26.5. The van der Waals surface area contributed by atoms with Gasteiger partial charge in [0.05, 0.1) is 27.0 Å². The van der Waals surface area contributed by atoms with Crippen LogP contribution in [0.25, 0.3) is 11.2 Å². The molecule has 0 spiro atoms. The Morgan fingerprint density at radius 2 is 1.37 bits per heavy atom. The second-order valence-corrected chi connectivity index (χ2v) is 8.82. The number of aryl methyl sites for hydroxylation is 1. The average Bonchev–Trinajstić information content (AvgIpc) is 3.31. The maximum absolute atomic E-state index is 9.80. The molecule has 1 N–H and O–H groups in total. The molecule has 0 saturated carbocycles. The van der Waals surface area contributed by atoms with Gasteiger partial charge in [-0.15, -0.1) is 0 Å². The number of rotatable bonds is 10. The number of fused-ring (bicyclic) bond motifs is 1. The van der Waals surface area contributed by atoms with Crippen LogP contribution in [0.1, 0.15) is 28.3 Å². The lowest BCUT2D eigenvalue weighted by atomic mass is 9.80. The molecule has 3 aromatic carbocycles. The van der Waals surface area contributed by atoms with E-state index in [1.165, 1.54) is 0 Å². The van der Waals surface area contributed by atoms with Gasteiger partial charge in [0.15, 0.2) is 5.65 Å². The molecule has 0 amide bonds. The van der Waals surface area contributed by atoms with Crippen LogP contribution in [0.4, 0.5) is 0 Å². The number of benzene rings is 3. The molecule has 0 aliphatic carbocycles. The number of hydrogen-bond acceptors (Lipinski definition) is 7. The molecular formula is C30H30N4O4. The van der Waals surface area contributed by atoms with E-state index in [9.17, 15) is 5.11 Å². The third kappa shape index (κ3) is 4.71. The minimum atomic E-state index is -0.983. The summed E-state index contributed by atoms with van der Waals surface area (Å²) < 4.78 is 19.7. The molecule has 0 saturated heterocycles. The van der Waals surface area contributed by atoms with Crippen molar-refractivity contribution in [3.63, 3.8) is 0 Å². The fourth-order valence-corrected chi connectivity index (χ4v) is 4.74. The van der Waals surface area contributed by atoms with Crippen molar-refractivity contribution in [3.8, 4) is 11.5 Å². The monoisotopic (exact) mass is 510 g/mol. The Morgan fingerprint density at radius 1 is 0.789 bits per heavy atom. The predicted molar refractivity (Wildman–Crippen MR) is 144 cm³/mol. The molecule has 194 valence electrons. The largest absolute Gasteiger partial charge is 0.497 e. The highest BCUT2D eigenvalue weighted by Crippen LogP contribution is 2.42. The first kappa shape index (κ1) is 25.4. The van der Waals surface area contributed by atoms with E-state index in [-0.39, 0.29) is 13.2 Å². The summed E-state index contributed by atoms with van der Waals surface area (Å²) in [6.45, 7) is 2.28. The lowest BCUT2D eigenvalue weighted by molar-refractivity contribution is -0.00458. The summed E-state index contributed by atoms with van der Waals surface area (Å²) in [5, 5.41) is 9.80. The Hall–Kier alpha value is -4.27. The molecule has 8 nitrogen and oxygen atoms in total. The number of imidazole rings is 1. The van der Waals surface area contributed by atoms with Gasteiger partial charge >= 0.3 is 0 Å². The maximum Gasteiger partial charge on any atom is 0.163 e. The summed E-state index contributed by atoms with van der Waals surface area (Å²) in [5.74, 6) is 2.80. The first-order valence-corrected chi connectivity index (χ1v) is 12.4. The minimum absolute atomic E-state index is 0.0533. The molecule has 0 atom stereocenters. The van der Waals surface area contributed by atoms with Crippen molar-refractivity contribution in [2.24, 2.45) is 0 Å². The third-order valence-electron chi connectivity index (χ3n) is 6.60. The van der Waals surface area contributed by atoms with E-state index in [0.29, 0.717) is 29.4 Å². The fraction of sp³-hybridized carbons (Fsp3) is 0.233. The Balaban J connectivity index is 1.68. The van der Waals surface area contributed by atoms with Gasteiger partial charge in [0.2, 0.25) is 0 Å². The van der Waals surface area contributed by atoms with Crippen LogP contribution in [0.5, 0.6) is 11.5 Å².